The first-order valence-electron chi connectivity index (χ1n) is 7.51. The van der Waals surface area contributed by atoms with Crippen molar-refractivity contribution < 1.29 is 4.79 Å². The molecular weight excluding hydrogens is 250 g/mol. The highest BCUT2D eigenvalue weighted by Gasteiger charge is 2.38. The van der Waals surface area contributed by atoms with Crippen molar-refractivity contribution in [2.45, 2.75) is 38.3 Å². The fourth-order valence-corrected chi connectivity index (χ4v) is 3.52. The normalized spacial score (nSPS) is 25.4. The lowest BCUT2D eigenvalue weighted by Crippen LogP contribution is -2.33. The molecule has 2 heterocycles. The van der Waals surface area contributed by atoms with Crippen LogP contribution in [0.15, 0.2) is 18.2 Å². The average Bonchev–Trinajstić information content (AvgIpc) is 2.91. The van der Waals surface area contributed by atoms with Crippen molar-refractivity contribution in [3.05, 3.63) is 29.3 Å². The molecule has 1 saturated heterocycles. The molecule has 2 aliphatic heterocycles. The van der Waals surface area contributed by atoms with E-state index in [1.54, 1.807) is 0 Å². The van der Waals surface area contributed by atoms with Crippen molar-refractivity contribution >= 4 is 11.6 Å². The third-order valence-corrected chi connectivity index (χ3v) is 4.51. The van der Waals surface area contributed by atoms with E-state index in [2.05, 4.69) is 37.1 Å². The zero-order valence-electron chi connectivity index (χ0n) is 12.3. The van der Waals surface area contributed by atoms with Gasteiger partial charge < -0.3 is 15.5 Å². The van der Waals surface area contributed by atoms with Gasteiger partial charge in [0.1, 0.15) is 0 Å². The van der Waals surface area contributed by atoms with E-state index in [9.17, 15) is 4.79 Å². The van der Waals surface area contributed by atoms with Crippen LogP contribution in [-0.2, 0) is 11.2 Å². The van der Waals surface area contributed by atoms with Crippen molar-refractivity contribution in [1.82, 2.24) is 4.90 Å². The van der Waals surface area contributed by atoms with E-state index >= 15 is 0 Å². The lowest BCUT2D eigenvalue weighted by atomic mass is 9.97. The quantitative estimate of drug-likeness (QED) is 0.911. The van der Waals surface area contributed by atoms with E-state index in [0.717, 1.165) is 25.9 Å². The average molecular weight is 273 g/mol. The second kappa shape index (κ2) is 5.09. The lowest BCUT2D eigenvalue weighted by Gasteiger charge is -2.27. The number of amides is 1. The summed E-state index contributed by atoms with van der Waals surface area (Å²) in [6, 6.07) is 6.55. The van der Waals surface area contributed by atoms with Crippen LogP contribution in [0.4, 0.5) is 5.69 Å². The number of rotatable bonds is 3. The van der Waals surface area contributed by atoms with Crippen LogP contribution < -0.4 is 10.6 Å². The number of carbonyl (C=O) groups is 1. The number of likely N-dealkylation sites (N-methyl/N-ethyl adjacent to an activating group) is 1. The Morgan fingerprint density at radius 1 is 1.40 bits per heavy atom. The number of fused-ring (bicyclic) bond motifs is 1. The number of likely N-dealkylation sites (tertiary alicyclic amines) is 1. The first-order chi connectivity index (χ1) is 9.61. The molecular formula is C16H23N3O. The predicted octanol–water partition coefficient (Wildman–Crippen LogP) is 1.69. The highest BCUT2D eigenvalue weighted by atomic mass is 16.2. The number of carbonyl (C=O) groups excluding carboxylic acids is 1. The van der Waals surface area contributed by atoms with E-state index < -0.39 is 0 Å². The van der Waals surface area contributed by atoms with E-state index in [-0.39, 0.29) is 18.0 Å². The third kappa shape index (κ3) is 2.08. The minimum Gasteiger partial charge on any atom is -0.374 e. The van der Waals surface area contributed by atoms with Gasteiger partial charge in [-0.25, -0.2) is 0 Å². The molecule has 1 amide bonds. The first-order valence-corrected chi connectivity index (χ1v) is 7.51. The Morgan fingerprint density at radius 2 is 2.20 bits per heavy atom. The Balaban J connectivity index is 1.93. The van der Waals surface area contributed by atoms with Crippen LogP contribution in [-0.4, -0.2) is 37.0 Å². The van der Waals surface area contributed by atoms with Crippen molar-refractivity contribution in [1.29, 1.82) is 0 Å². The van der Waals surface area contributed by atoms with Gasteiger partial charge in [-0.1, -0.05) is 19.1 Å². The molecule has 1 fully saturated rings. The van der Waals surface area contributed by atoms with Crippen molar-refractivity contribution in [3.63, 3.8) is 0 Å². The van der Waals surface area contributed by atoms with Crippen LogP contribution in [0.5, 0.6) is 0 Å². The molecule has 0 radical (unpaired) electrons. The van der Waals surface area contributed by atoms with Crippen LogP contribution >= 0.6 is 0 Å². The van der Waals surface area contributed by atoms with Gasteiger partial charge in [-0.3, -0.25) is 4.79 Å². The summed E-state index contributed by atoms with van der Waals surface area (Å²) in [4.78, 5) is 16.3. The number of benzene rings is 1. The summed E-state index contributed by atoms with van der Waals surface area (Å²) in [6.07, 6.45) is 2.54. The molecule has 108 valence electrons. The summed E-state index contributed by atoms with van der Waals surface area (Å²) in [6.45, 7) is 3.98. The maximum absolute atomic E-state index is 12.1. The van der Waals surface area contributed by atoms with E-state index in [1.165, 1.54) is 16.8 Å². The number of anilines is 1. The fourth-order valence-electron chi connectivity index (χ4n) is 3.52. The monoisotopic (exact) mass is 273 g/mol. The minimum atomic E-state index is -0.0776. The van der Waals surface area contributed by atoms with Gasteiger partial charge in [0.15, 0.2) is 0 Å². The molecule has 2 aliphatic rings. The van der Waals surface area contributed by atoms with E-state index in [1.807, 2.05) is 4.90 Å². The Kier molecular flexibility index (Phi) is 3.42. The molecule has 1 aromatic rings. The second-order valence-corrected chi connectivity index (χ2v) is 5.96. The summed E-state index contributed by atoms with van der Waals surface area (Å²) in [5, 5.41) is 0. The zero-order valence-corrected chi connectivity index (χ0v) is 12.3. The van der Waals surface area contributed by atoms with Gasteiger partial charge in [0.25, 0.3) is 0 Å². The maximum Gasteiger partial charge on any atom is 0.224 e. The van der Waals surface area contributed by atoms with E-state index in [4.69, 9.17) is 5.73 Å². The second-order valence-electron chi connectivity index (χ2n) is 5.96. The van der Waals surface area contributed by atoms with Crippen molar-refractivity contribution in [2.24, 2.45) is 5.73 Å². The van der Waals surface area contributed by atoms with Gasteiger partial charge in [-0.2, -0.15) is 0 Å². The molecule has 20 heavy (non-hydrogen) atoms. The number of nitrogens with zero attached hydrogens (tertiary/aromatic N) is 2. The van der Waals surface area contributed by atoms with Crippen molar-refractivity contribution in [2.75, 3.05) is 25.0 Å². The summed E-state index contributed by atoms with van der Waals surface area (Å²) in [5.41, 5.74) is 10.1. The third-order valence-electron chi connectivity index (χ3n) is 4.51. The number of hydrogen-bond acceptors (Lipinski definition) is 3. The van der Waals surface area contributed by atoms with Crippen LogP contribution in [0.25, 0.3) is 0 Å². The van der Waals surface area contributed by atoms with Crippen LogP contribution in [0.3, 0.4) is 0 Å². The highest BCUT2D eigenvalue weighted by Crippen LogP contribution is 2.36. The molecule has 4 nitrogen and oxygen atoms in total. The number of nitrogens with two attached hydrogens (primary N) is 1. The van der Waals surface area contributed by atoms with Crippen LogP contribution in [0, 0.1) is 0 Å². The Bertz CT molecular complexity index is 528. The van der Waals surface area contributed by atoms with E-state index in [0.29, 0.717) is 6.42 Å². The first kappa shape index (κ1) is 13.4. The maximum atomic E-state index is 12.1. The standard InChI is InChI=1S/C16H23N3O/c1-3-7-19-15(20)10-13(17)16(19)12-4-5-14-11(9-12)6-8-18(14)2/h4-5,9,13,16H,3,6-8,10,17H2,1-2H3. The molecule has 2 unspecified atom stereocenters. The van der Waals surface area contributed by atoms with Gasteiger partial charge in [0.2, 0.25) is 5.91 Å². The summed E-state index contributed by atoms with van der Waals surface area (Å²) < 4.78 is 0. The van der Waals surface area contributed by atoms with Crippen LogP contribution in [0.2, 0.25) is 0 Å². The molecule has 0 bridgehead atoms. The lowest BCUT2D eigenvalue weighted by molar-refractivity contribution is -0.129. The molecule has 2 N–H and O–H groups in total. The minimum absolute atomic E-state index is 0.0543. The summed E-state index contributed by atoms with van der Waals surface area (Å²) in [5.74, 6) is 0.196. The van der Waals surface area contributed by atoms with Crippen LogP contribution in [0.1, 0.15) is 36.9 Å². The number of hydrogen-bond donors (Lipinski definition) is 1. The SMILES string of the molecule is CCCN1C(=O)CC(N)C1c1ccc2c(c1)CCN2C. The van der Waals surface area contributed by atoms with Gasteiger partial charge >= 0.3 is 0 Å². The molecule has 4 heteroatoms. The Hall–Kier alpha value is -1.55. The van der Waals surface area contributed by atoms with Gasteiger partial charge in [-0.05, 0) is 30.0 Å². The van der Waals surface area contributed by atoms with Gasteiger partial charge in [-0.15, -0.1) is 0 Å². The Morgan fingerprint density at radius 3 is 2.95 bits per heavy atom. The molecule has 0 aliphatic carbocycles. The Labute approximate surface area is 120 Å². The fraction of sp³-hybridized carbons (Fsp3) is 0.562. The molecule has 1 aromatic carbocycles. The topological polar surface area (TPSA) is 49.6 Å². The summed E-state index contributed by atoms with van der Waals surface area (Å²) in [7, 11) is 2.12. The summed E-state index contributed by atoms with van der Waals surface area (Å²) >= 11 is 0. The molecule has 0 spiro atoms. The van der Waals surface area contributed by atoms with Crippen molar-refractivity contribution in [3.8, 4) is 0 Å². The smallest absolute Gasteiger partial charge is 0.224 e. The molecule has 2 atom stereocenters. The highest BCUT2D eigenvalue weighted by molar-refractivity contribution is 5.80. The molecule has 3 rings (SSSR count). The molecule has 0 saturated carbocycles. The zero-order chi connectivity index (χ0) is 14.3. The molecule has 0 aromatic heterocycles. The van der Waals surface area contributed by atoms with Gasteiger partial charge in [0.05, 0.1) is 6.04 Å². The van der Waals surface area contributed by atoms with Gasteiger partial charge in [0, 0.05) is 38.3 Å². The largest absolute Gasteiger partial charge is 0.374 e. The predicted molar refractivity (Wildman–Crippen MR) is 80.8 cm³/mol.